The second-order valence-electron chi connectivity index (χ2n) is 6.30. The van der Waals surface area contributed by atoms with Crippen molar-refractivity contribution in [2.45, 2.75) is 59.2 Å². The monoisotopic (exact) mass is 242 g/mol. The molecule has 0 radical (unpaired) electrons. The van der Waals surface area contributed by atoms with Gasteiger partial charge in [-0.15, -0.1) is 0 Å². The van der Waals surface area contributed by atoms with Crippen LogP contribution in [0.2, 0.25) is 0 Å². The van der Waals surface area contributed by atoms with Gasteiger partial charge in [-0.1, -0.05) is 0 Å². The Balaban J connectivity index is 2.88. The Bertz CT molecular complexity index is 294. The number of carbonyl (C=O) groups excluding carboxylic acids is 1. The van der Waals surface area contributed by atoms with Crippen molar-refractivity contribution in [2.75, 3.05) is 13.2 Å². The lowest BCUT2D eigenvalue weighted by atomic mass is 9.74. The number of carbonyl (C=O) groups is 1. The molecule has 1 amide bonds. The Kier molecular flexibility index (Phi) is 3.89. The molecule has 1 rings (SSSR count). The molecule has 0 spiro atoms. The molecule has 0 aromatic rings. The van der Waals surface area contributed by atoms with Gasteiger partial charge in [-0.2, -0.15) is 0 Å². The van der Waals surface area contributed by atoms with Crippen LogP contribution in [0.25, 0.3) is 0 Å². The molecule has 0 saturated carbocycles. The first-order valence-electron chi connectivity index (χ1n) is 6.29. The summed E-state index contributed by atoms with van der Waals surface area (Å²) in [5, 5.41) is 0. The number of rotatable bonds is 2. The van der Waals surface area contributed by atoms with Gasteiger partial charge in [0.05, 0.1) is 24.2 Å². The summed E-state index contributed by atoms with van der Waals surface area (Å²) in [5.41, 5.74) is 5.01. The number of nitrogens with zero attached hydrogens (tertiary/aromatic N) is 1. The smallest absolute Gasteiger partial charge is 0.230 e. The molecule has 17 heavy (non-hydrogen) atoms. The van der Waals surface area contributed by atoms with Crippen LogP contribution in [0, 0.1) is 5.41 Å². The summed E-state index contributed by atoms with van der Waals surface area (Å²) >= 11 is 0. The van der Waals surface area contributed by atoms with Gasteiger partial charge in [-0.05, 0) is 41.5 Å². The zero-order valence-corrected chi connectivity index (χ0v) is 11.9. The molecule has 4 nitrogen and oxygen atoms in total. The Morgan fingerprint density at radius 3 is 2.29 bits per heavy atom. The standard InChI is InChI=1S/C13H26N2O2/c1-9-8-17-10(2)7-15(9)11(16)12(3,4)13(5,6)14/h9-10H,7-8,14H2,1-6H3. The average Bonchev–Trinajstić information content (AvgIpc) is 2.19. The highest BCUT2D eigenvalue weighted by Crippen LogP contribution is 2.32. The maximum atomic E-state index is 12.6. The van der Waals surface area contributed by atoms with E-state index in [1.165, 1.54) is 0 Å². The van der Waals surface area contributed by atoms with Gasteiger partial charge in [0.1, 0.15) is 0 Å². The van der Waals surface area contributed by atoms with Gasteiger partial charge in [0.15, 0.2) is 0 Å². The summed E-state index contributed by atoms with van der Waals surface area (Å²) in [6, 6.07) is 0.125. The molecule has 1 aliphatic rings. The molecule has 2 atom stereocenters. The average molecular weight is 242 g/mol. The third-order valence-electron chi connectivity index (χ3n) is 4.01. The molecule has 1 heterocycles. The zero-order valence-electron chi connectivity index (χ0n) is 11.9. The summed E-state index contributed by atoms with van der Waals surface area (Å²) in [6.07, 6.45) is 0.104. The number of ether oxygens (including phenoxy) is 1. The summed E-state index contributed by atoms with van der Waals surface area (Å²) in [6.45, 7) is 12.9. The number of hydrogen-bond acceptors (Lipinski definition) is 3. The first-order valence-corrected chi connectivity index (χ1v) is 6.29. The van der Waals surface area contributed by atoms with Crippen molar-refractivity contribution in [3.63, 3.8) is 0 Å². The van der Waals surface area contributed by atoms with E-state index in [-0.39, 0.29) is 18.1 Å². The Morgan fingerprint density at radius 1 is 1.29 bits per heavy atom. The molecule has 4 heteroatoms. The molecule has 1 aliphatic heterocycles. The van der Waals surface area contributed by atoms with E-state index in [1.54, 1.807) is 0 Å². The van der Waals surface area contributed by atoms with Crippen LogP contribution in [-0.2, 0) is 9.53 Å². The van der Waals surface area contributed by atoms with Crippen LogP contribution in [-0.4, -0.2) is 41.6 Å². The first-order chi connectivity index (χ1) is 7.57. The van der Waals surface area contributed by atoms with E-state index in [0.717, 1.165) is 0 Å². The third kappa shape index (κ3) is 2.80. The van der Waals surface area contributed by atoms with Crippen molar-refractivity contribution in [3.05, 3.63) is 0 Å². The van der Waals surface area contributed by atoms with Crippen LogP contribution in [0.5, 0.6) is 0 Å². The topological polar surface area (TPSA) is 55.6 Å². The van der Waals surface area contributed by atoms with Crippen LogP contribution in [0.15, 0.2) is 0 Å². The summed E-state index contributed by atoms with van der Waals surface area (Å²) in [7, 11) is 0. The number of hydrogen-bond donors (Lipinski definition) is 1. The van der Waals surface area contributed by atoms with Crippen molar-refractivity contribution < 1.29 is 9.53 Å². The highest BCUT2D eigenvalue weighted by Gasteiger charge is 2.44. The van der Waals surface area contributed by atoms with Gasteiger partial charge in [0.2, 0.25) is 5.91 Å². The molecular formula is C13H26N2O2. The maximum absolute atomic E-state index is 12.6. The Labute approximate surface area is 104 Å². The highest BCUT2D eigenvalue weighted by atomic mass is 16.5. The van der Waals surface area contributed by atoms with Crippen LogP contribution in [0.4, 0.5) is 0 Å². The van der Waals surface area contributed by atoms with E-state index >= 15 is 0 Å². The third-order valence-corrected chi connectivity index (χ3v) is 4.01. The predicted octanol–water partition coefficient (Wildman–Crippen LogP) is 1.39. The molecule has 0 bridgehead atoms. The molecular weight excluding hydrogens is 216 g/mol. The lowest BCUT2D eigenvalue weighted by Crippen LogP contribution is -2.61. The van der Waals surface area contributed by atoms with Gasteiger partial charge in [0, 0.05) is 12.1 Å². The fraction of sp³-hybridized carbons (Fsp3) is 0.923. The predicted molar refractivity (Wildman–Crippen MR) is 68.6 cm³/mol. The van der Waals surface area contributed by atoms with E-state index < -0.39 is 11.0 Å². The highest BCUT2D eigenvalue weighted by molar-refractivity contribution is 5.83. The van der Waals surface area contributed by atoms with Gasteiger partial charge in [0.25, 0.3) is 0 Å². The minimum Gasteiger partial charge on any atom is -0.375 e. The van der Waals surface area contributed by atoms with Crippen LogP contribution >= 0.6 is 0 Å². The second kappa shape index (κ2) is 4.58. The lowest BCUT2D eigenvalue weighted by Gasteiger charge is -2.45. The number of morpholine rings is 1. The fourth-order valence-electron chi connectivity index (χ4n) is 1.82. The van der Waals surface area contributed by atoms with E-state index in [0.29, 0.717) is 13.2 Å². The minimum absolute atomic E-state index is 0.104. The molecule has 0 aliphatic carbocycles. The van der Waals surface area contributed by atoms with Crippen molar-refractivity contribution in [1.82, 2.24) is 4.90 Å². The maximum Gasteiger partial charge on any atom is 0.230 e. The van der Waals surface area contributed by atoms with Crippen LogP contribution in [0.3, 0.4) is 0 Å². The largest absolute Gasteiger partial charge is 0.375 e. The van der Waals surface area contributed by atoms with Crippen LogP contribution in [0.1, 0.15) is 41.5 Å². The second-order valence-corrected chi connectivity index (χ2v) is 6.30. The normalized spacial score (nSPS) is 27.1. The molecule has 1 fully saturated rings. The molecule has 100 valence electrons. The number of amides is 1. The van der Waals surface area contributed by atoms with Gasteiger partial charge < -0.3 is 15.4 Å². The molecule has 2 unspecified atom stereocenters. The minimum atomic E-state index is -0.571. The lowest BCUT2D eigenvalue weighted by molar-refractivity contribution is -0.155. The summed E-state index contributed by atoms with van der Waals surface area (Å²) in [5.74, 6) is 0.118. The zero-order chi connectivity index (χ0) is 13.4. The van der Waals surface area contributed by atoms with Crippen molar-refractivity contribution in [2.24, 2.45) is 11.1 Å². The SMILES string of the molecule is CC1CN(C(=O)C(C)(C)C(C)(C)N)C(C)CO1. The van der Waals surface area contributed by atoms with E-state index in [9.17, 15) is 4.79 Å². The summed E-state index contributed by atoms with van der Waals surface area (Å²) < 4.78 is 5.54. The molecule has 0 aromatic carbocycles. The van der Waals surface area contributed by atoms with Crippen LogP contribution < -0.4 is 5.73 Å². The van der Waals surface area contributed by atoms with E-state index in [2.05, 4.69) is 0 Å². The molecule has 2 N–H and O–H groups in total. The fourth-order valence-corrected chi connectivity index (χ4v) is 1.82. The quantitative estimate of drug-likeness (QED) is 0.796. The van der Waals surface area contributed by atoms with Gasteiger partial charge in [-0.3, -0.25) is 4.79 Å². The first kappa shape index (κ1) is 14.5. The van der Waals surface area contributed by atoms with Crippen molar-refractivity contribution in [1.29, 1.82) is 0 Å². The van der Waals surface area contributed by atoms with E-state index in [1.807, 2.05) is 46.4 Å². The molecule has 0 aromatic heterocycles. The Hall–Kier alpha value is -0.610. The molecule has 1 saturated heterocycles. The summed E-state index contributed by atoms with van der Waals surface area (Å²) in [4.78, 5) is 14.5. The van der Waals surface area contributed by atoms with Gasteiger partial charge in [-0.25, -0.2) is 0 Å². The van der Waals surface area contributed by atoms with E-state index in [4.69, 9.17) is 10.5 Å². The van der Waals surface area contributed by atoms with Gasteiger partial charge >= 0.3 is 0 Å². The van der Waals surface area contributed by atoms with Crippen molar-refractivity contribution in [3.8, 4) is 0 Å². The van der Waals surface area contributed by atoms with Crippen molar-refractivity contribution >= 4 is 5.91 Å². The number of nitrogens with two attached hydrogens (primary N) is 1. The Morgan fingerprint density at radius 2 is 1.82 bits per heavy atom.